The highest BCUT2D eigenvalue weighted by Crippen LogP contribution is 2.24. The van der Waals surface area contributed by atoms with Crippen LogP contribution in [0.2, 0.25) is 0 Å². The van der Waals surface area contributed by atoms with Gasteiger partial charge < -0.3 is 9.84 Å². The Morgan fingerprint density at radius 2 is 1.77 bits per heavy atom. The first-order chi connectivity index (χ1) is 10.8. The number of ether oxygens (including phenoxy) is 1. The highest BCUT2D eigenvalue weighted by molar-refractivity contribution is 5.68. The zero-order chi connectivity index (χ0) is 15.4. The van der Waals surface area contributed by atoms with Crippen molar-refractivity contribution in [2.24, 2.45) is 0 Å². The fourth-order valence-electron chi connectivity index (χ4n) is 2.77. The molecule has 1 amide bonds. The van der Waals surface area contributed by atoms with Gasteiger partial charge in [-0.2, -0.15) is 0 Å². The van der Waals surface area contributed by atoms with Crippen molar-refractivity contribution >= 4 is 6.09 Å². The highest BCUT2D eigenvalue weighted by Gasteiger charge is 2.30. The second kappa shape index (κ2) is 6.62. The molecule has 3 rings (SSSR count). The maximum absolute atomic E-state index is 12.3. The lowest BCUT2D eigenvalue weighted by Gasteiger charge is -2.35. The summed E-state index contributed by atoms with van der Waals surface area (Å²) in [5, 5.41) is 9.57. The number of aliphatic hydroxyl groups excluding tert-OH is 1. The molecule has 0 bridgehead atoms. The maximum Gasteiger partial charge on any atom is 0.410 e. The molecule has 4 nitrogen and oxygen atoms in total. The zero-order valence-corrected chi connectivity index (χ0v) is 12.3. The minimum absolute atomic E-state index is 0.0607. The maximum atomic E-state index is 12.3. The minimum atomic E-state index is -0.377. The first-order valence-electron chi connectivity index (χ1n) is 7.43. The van der Waals surface area contributed by atoms with Crippen molar-refractivity contribution in [3.05, 3.63) is 71.3 Å². The van der Waals surface area contributed by atoms with E-state index in [9.17, 15) is 9.90 Å². The van der Waals surface area contributed by atoms with Gasteiger partial charge in [-0.15, -0.1) is 0 Å². The Bertz CT molecular complexity index is 642. The third-order valence-electron chi connectivity index (χ3n) is 4.01. The number of amides is 1. The van der Waals surface area contributed by atoms with E-state index >= 15 is 0 Å². The quantitative estimate of drug-likeness (QED) is 0.947. The molecule has 1 heterocycles. The van der Waals surface area contributed by atoms with Crippen LogP contribution in [0, 0.1) is 0 Å². The Balaban J connectivity index is 1.68. The predicted molar refractivity (Wildman–Crippen MR) is 83.2 cm³/mol. The molecule has 1 aliphatic rings. The molecule has 4 heteroatoms. The topological polar surface area (TPSA) is 49.8 Å². The van der Waals surface area contributed by atoms with E-state index < -0.39 is 0 Å². The van der Waals surface area contributed by atoms with Gasteiger partial charge in [-0.05, 0) is 23.1 Å². The Morgan fingerprint density at radius 3 is 2.50 bits per heavy atom. The Hall–Kier alpha value is -2.33. The molecule has 0 unspecified atom stereocenters. The fraction of sp³-hybridized carbons (Fsp3) is 0.278. The minimum Gasteiger partial charge on any atom is -0.445 e. The second-order valence-electron chi connectivity index (χ2n) is 5.48. The molecule has 0 aliphatic carbocycles. The Morgan fingerprint density at radius 1 is 1.09 bits per heavy atom. The van der Waals surface area contributed by atoms with Gasteiger partial charge in [0.1, 0.15) is 6.61 Å². The third kappa shape index (κ3) is 3.12. The molecule has 0 spiro atoms. The van der Waals surface area contributed by atoms with Crippen LogP contribution >= 0.6 is 0 Å². The molecule has 2 aromatic rings. The van der Waals surface area contributed by atoms with Crippen LogP contribution in [0.3, 0.4) is 0 Å². The summed E-state index contributed by atoms with van der Waals surface area (Å²) < 4.78 is 5.39. The Kier molecular flexibility index (Phi) is 4.39. The number of rotatable bonds is 3. The van der Waals surface area contributed by atoms with E-state index in [2.05, 4.69) is 0 Å². The average Bonchev–Trinajstić information content (AvgIpc) is 2.59. The van der Waals surface area contributed by atoms with Crippen LogP contribution in [0.15, 0.2) is 54.6 Å². The van der Waals surface area contributed by atoms with Crippen molar-refractivity contribution in [3.63, 3.8) is 0 Å². The van der Waals surface area contributed by atoms with Crippen LogP contribution in [0.1, 0.15) is 16.7 Å². The largest absolute Gasteiger partial charge is 0.445 e. The van der Waals surface area contributed by atoms with E-state index in [-0.39, 0.29) is 25.3 Å². The van der Waals surface area contributed by atoms with E-state index in [0.717, 1.165) is 11.1 Å². The standard InChI is InChI=1S/C18H19NO3/c20-12-17-10-15-8-4-5-9-16(15)11-19(17)18(21)22-13-14-6-2-1-3-7-14/h1-9,17,20H,10-13H2/t17-/m0/s1. The molecule has 0 saturated heterocycles. The lowest BCUT2D eigenvalue weighted by molar-refractivity contribution is 0.0563. The number of fused-ring (bicyclic) bond motifs is 1. The van der Waals surface area contributed by atoms with Gasteiger partial charge in [0.2, 0.25) is 0 Å². The van der Waals surface area contributed by atoms with Crippen molar-refractivity contribution in [1.82, 2.24) is 4.90 Å². The molecule has 1 N–H and O–H groups in total. The molecule has 0 fully saturated rings. The lowest BCUT2D eigenvalue weighted by Crippen LogP contribution is -2.46. The third-order valence-corrected chi connectivity index (χ3v) is 4.01. The molecular weight excluding hydrogens is 278 g/mol. The van der Waals surface area contributed by atoms with Gasteiger partial charge in [-0.25, -0.2) is 4.79 Å². The van der Waals surface area contributed by atoms with Crippen molar-refractivity contribution in [1.29, 1.82) is 0 Å². The summed E-state index contributed by atoms with van der Waals surface area (Å²) in [7, 11) is 0. The summed E-state index contributed by atoms with van der Waals surface area (Å²) in [6.07, 6.45) is 0.282. The fourth-order valence-corrected chi connectivity index (χ4v) is 2.77. The van der Waals surface area contributed by atoms with Crippen LogP contribution in [0.4, 0.5) is 4.79 Å². The van der Waals surface area contributed by atoms with Gasteiger partial charge >= 0.3 is 6.09 Å². The molecule has 0 saturated carbocycles. The molecule has 0 aromatic heterocycles. The van der Waals surface area contributed by atoms with E-state index in [1.807, 2.05) is 54.6 Å². The number of carbonyl (C=O) groups is 1. The summed E-state index contributed by atoms with van der Waals surface area (Å²) >= 11 is 0. The van der Waals surface area contributed by atoms with E-state index in [1.54, 1.807) is 4.90 Å². The highest BCUT2D eigenvalue weighted by atomic mass is 16.6. The van der Waals surface area contributed by atoms with Crippen LogP contribution in [0.5, 0.6) is 0 Å². The van der Waals surface area contributed by atoms with Crippen LogP contribution < -0.4 is 0 Å². The van der Waals surface area contributed by atoms with Gasteiger partial charge in [-0.1, -0.05) is 54.6 Å². The lowest BCUT2D eigenvalue weighted by atomic mass is 9.95. The summed E-state index contributed by atoms with van der Waals surface area (Å²) in [5.41, 5.74) is 3.26. The average molecular weight is 297 g/mol. The Labute approximate surface area is 130 Å². The number of benzene rings is 2. The second-order valence-corrected chi connectivity index (χ2v) is 5.48. The summed E-state index contributed by atoms with van der Waals surface area (Å²) in [6, 6.07) is 17.4. The molecule has 1 aliphatic heterocycles. The predicted octanol–water partition coefficient (Wildman–Crippen LogP) is 2.74. The van der Waals surface area contributed by atoms with E-state index in [1.165, 1.54) is 5.56 Å². The first kappa shape index (κ1) is 14.6. The molecule has 2 aromatic carbocycles. The van der Waals surface area contributed by atoms with Gasteiger partial charge in [0, 0.05) is 6.54 Å². The van der Waals surface area contributed by atoms with Gasteiger partial charge in [0.05, 0.1) is 12.6 Å². The van der Waals surface area contributed by atoms with Crippen molar-refractivity contribution in [2.75, 3.05) is 6.61 Å². The summed E-state index contributed by atoms with van der Waals surface area (Å²) in [6.45, 7) is 0.666. The number of carbonyl (C=O) groups excluding carboxylic acids is 1. The zero-order valence-electron chi connectivity index (χ0n) is 12.3. The molecule has 0 radical (unpaired) electrons. The smallest absolute Gasteiger partial charge is 0.410 e. The van der Waals surface area contributed by atoms with E-state index in [4.69, 9.17) is 4.74 Å². The van der Waals surface area contributed by atoms with Crippen molar-refractivity contribution in [2.45, 2.75) is 25.6 Å². The number of nitrogens with zero attached hydrogens (tertiary/aromatic N) is 1. The number of hydrogen-bond acceptors (Lipinski definition) is 3. The van der Waals surface area contributed by atoms with Crippen molar-refractivity contribution in [3.8, 4) is 0 Å². The van der Waals surface area contributed by atoms with Crippen LogP contribution in [-0.2, 0) is 24.3 Å². The number of aliphatic hydroxyl groups is 1. The van der Waals surface area contributed by atoms with Gasteiger partial charge in [0.25, 0.3) is 0 Å². The van der Waals surface area contributed by atoms with Crippen molar-refractivity contribution < 1.29 is 14.6 Å². The molecule has 114 valence electrons. The SMILES string of the molecule is O=C(OCc1ccccc1)N1Cc2ccccc2C[C@H]1CO. The molecule has 22 heavy (non-hydrogen) atoms. The molecule has 1 atom stereocenters. The molecular formula is C18H19NO3. The van der Waals surface area contributed by atoms with Gasteiger partial charge in [0.15, 0.2) is 0 Å². The summed E-state index contributed by atoms with van der Waals surface area (Å²) in [5.74, 6) is 0. The van der Waals surface area contributed by atoms with E-state index in [0.29, 0.717) is 13.0 Å². The van der Waals surface area contributed by atoms with Gasteiger partial charge in [-0.3, -0.25) is 4.90 Å². The van der Waals surface area contributed by atoms with Crippen LogP contribution in [0.25, 0.3) is 0 Å². The first-order valence-corrected chi connectivity index (χ1v) is 7.43. The number of hydrogen-bond donors (Lipinski definition) is 1. The monoisotopic (exact) mass is 297 g/mol. The summed E-state index contributed by atoms with van der Waals surface area (Å²) in [4.78, 5) is 14.0. The normalized spacial score (nSPS) is 17.0. The van der Waals surface area contributed by atoms with Crippen LogP contribution in [-0.4, -0.2) is 28.7 Å².